The summed E-state index contributed by atoms with van der Waals surface area (Å²) in [6, 6.07) is 20.1. The largest absolute Gasteiger partial charge is 0.486 e. The maximum absolute atomic E-state index is 12.9. The van der Waals surface area contributed by atoms with Crippen molar-refractivity contribution in [1.29, 1.82) is 0 Å². The molecule has 5 heteroatoms. The van der Waals surface area contributed by atoms with Crippen LogP contribution in [0.2, 0.25) is 0 Å². The molecular weight excluding hydrogens is 366 g/mol. The Kier molecular flexibility index (Phi) is 4.72. The summed E-state index contributed by atoms with van der Waals surface area (Å²) in [6.07, 6.45) is 1.93. The molecule has 0 saturated carbocycles. The lowest BCUT2D eigenvalue weighted by atomic mass is 10.0. The summed E-state index contributed by atoms with van der Waals surface area (Å²) in [6.45, 7) is 1.92. The fourth-order valence-corrected chi connectivity index (χ4v) is 4.16. The predicted octanol–water partition coefficient (Wildman–Crippen LogP) is 4.35. The molecule has 0 N–H and O–H groups in total. The highest BCUT2D eigenvalue weighted by Gasteiger charge is 2.31. The normalized spacial score (nSPS) is 18.1. The van der Waals surface area contributed by atoms with Gasteiger partial charge in [-0.1, -0.05) is 36.4 Å². The number of benzene rings is 3. The Hall–Kier alpha value is -3.21. The number of carbonyl (C=O) groups excluding carboxylic acids is 1. The van der Waals surface area contributed by atoms with Gasteiger partial charge in [0.05, 0.1) is 6.04 Å². The van der Waals surface area contributed by atoms with Crippen LogP contribution in [-0.4, -0.2) is 37.2 Å². The van der Waals surface area contributed by atoms with E-state index in [0.29, 0.717) is 19.0 Å². The maximum Gasteiger partial charge on any atom is 0.261 e. The zero-order valence-corrected chi connectivity index (χ0v) is 16.2. The van der Waals surface area contributed by atoms with Crippen LogP contribution in [0.4, 0.5) is 0 Å². The van der Waals surface area contributed by atoms with Gasteiger partial charge in [-0.3, -0.25) is 4.79 Å². The Labute approximate surface area is 169 Å². The van der Waals surface area contributed by atoms with Crippen molar-refractivity contribution in [3.63, 3.8) is 0 Å². The molecule has 1 amide bonds. The summed E-state index contributed by atoms with van der Waals surface area (Å²) in [4.78, 5) is 14.8. The molecule has 1 saturated heterocycles. The van der Waals surface area contributed by atoms with E-state index in [9.17, 15) is 4.79 Å². The fourth-order valence-electron chi connectivity index (χ4n) is 4.16. The van der Waals surface area contributed by atoms with Crippen LogP contribution in [0.5, 0.6) is 17.2 Å². The molecule has 0 bridgehead atoms. The third-order valence-corrected chi connectivity index (χ3v) is 5.61. The number of hydrogen-bond donors (Lipinski definition) is 0. The van der Waals surface area contributed by atoms with Gasteiger partial charge in [-0.25, -0.2) is 0 Å². The Balaban J connectivity index is 1.28. The van der Waals surface area contributed by atoms with Crippen molar-refractivity contribution < 1.29 is 19.0 Å². The Bertz CT molecular complexity index is 1050. The summed E-state index contributed by atoms with van der Waals surface area (Å²) >= 11 is 0. The first-order chi connectivity index (χ1) is 14.3. The molecule has 0 aliphatic carbocycles. The SMILES string of the molecule is O=C(COc1ccc2ccccc2c1)N1CCC[C@@H]1c1ccc2c(c1)OCCO2. The highest BCUT2D eigenvalue weighted by Crippen LogP contribution is 2.38. The molecule has 0 radical (unpaired) electrons. The van der Waals surface area contributed by atoms with Crippen molar-refractivity contribution in [2.24, 2.45) is 0 Å². The summed E-state index contributed by atoms with van der Waals surface area (Å²) in [5.41, 5.74) is 1.09. The van der Waals surface area contributed by atoms with Crippen molar-refractivity contribution in [2.45, 2.75) is 18.9 Å². The van der Waals surface area contributed by atoms with Gasteiger partial charge < -0.3 is 19.1 Å². The van der Waals surface area contributed by atoms with Crippen molar-refractivity contribution in [1.82, 2.24) is 4.90 Å². The molecule has 0 unspecified atom stereocenters. The Morgan fingerprint density at radius 2 is 1.79 bits per heavy atom. The molecule has 2 aliphatic rings. The van der Waals surface area contributed by atoms with E-state index in [1.54, 1.807) is 0 Å². The van der Waals surface area contributed by atoms with Gasteiger partial charge in [0.1, 0.15) is 19.0 Å². The number of fused-ring (bicyclic) bond motifs is 2. The van der Waals surface area contributed by atoms with Crippen LogP contribution in [0.1, 0.15) is 24.4 Å². The second kappa shape index (κ2) is 7.66. The lowest BCUT2D eigenvalue weighted by Gasteiger charge is -2.26. The molecule has 5 rings (SSSR count). The van der Waals surface area contributed by atoms with Gasteiger partial charge in [0.15, 0.2) is 18.1 Å². The third kappa shape index (κ3) is 3.60. The molecule has 2 heterocycles. The van der Waals surface area contributed by atoms with Crippen LogP contribution in [0.25, 0.3) is 10.8 Å². The molecule has 0 aromatic heterocycles. The highest BCUT2D eigenvalue weighted by atomic mass is 16.6. The molecule has 0 spiro atoms. The molecule has 1 atom stereocenters. The fraction of sp³-hybridized carbons (Fsp3) is 0.292. The molecule has 3 aromatic rings. The second-order valence-corrected chi connectivity index (χ2v) is 7.45. The third-order valence-electron chi connectivity index (χ3n) is 5.61. The van der Waals surface area contributed by atoms with Gasteiger partial charge >= 0.3 is 0 Å². The summed E-state index contributed by atoms with van der Waals surface area (Å²) in [7, 11) is 0. The minimum atomic E-state index is 0.00977. The number of nitrogens with zero attached hydrogens (tertiary/aromatic N) is 1. The second-order valence-electron chi connectivity index (χ2n) is 7.45. The predicted molar refractivity (Wildman–Crippen MR) is 111 cm³/mol. The van der Waals surface area contributed by atoms with E-state index in [0.717, 1.165) is 47.2 Å². The van der Waals surface area contributed by atoms with Crippen molar-refractivity contribution in [3.8, 4) is 17.2 Å². The van der Waals surface area contributed by atoms with E-state index in [2.05, 4.69) is 6.07 Å². The number of carbonyl (C=O) groups is 1. The smallest absolute Gasteiger partial charge is 0.261 e. The molecule has 29 heavy (non-hydrogen) atoms. The number of rotatable bonds is 4. The van der Waals surface area contributed by atoms with E-state index in [-0.39, 0.29) is 18.6 Å². The lowest BCUT2D eigenvalue weighted by Crippen LogP contribution is -2.34. The van der Waals surface area contributed by atoms with Gasteiger partial charge in [-0.2, -0.15) is 0 Å². The summed E-state index contributed by atoms with van der Waals surface area (Å²) < 4.78 is 17.1. The number of amides is 1. The van der Waals surface area contributed by atoms with E-state index >= 15 is 0 Å². The van der Waals surface area contributed by atoms with Crippen molar-refractivity contribution >= 4 is 16.7 Å². The molecular formula is C24H23NO4. The van der Waals surface area contributed by atoms with Gasteiger partial charge in [0.2, 0.25) is 0 Å². The summed E-state index contributed by atoms with van der Waals surface area (Å²) in [5, 5.41) is 2.26. The van der Waals surface area contributed by atoms with E-state index in [4.69, 9.17) is 14.2 Å². The Morgan fingerprint density at radius 1 is 0.966 bits per heavy atom. The van der Waals surface area contributed by atoms with Crippen LogP contribution in [0, 0.1) is 0 Å². The summed E-state index contributed by atoms with van der Waals surface area (Å²) in [5.74, 6) is 2.26. The van der Waals surface area contributed by atoms with Gasteiger partial charge in [0, 0.05) is 6.54 Å². The van der Waals surface area contributed by atoms with Gasteiger partial charge in [0.25, 0.3) is 5.91 Å². The molecule has 148 valence electrons. The van der Waals surface area contributed by atoms with Gasteiger partial charge in [-0.05, 0) is 53.4 Å². The van der Waals surface area contributed by atoms with Crippen molar-refractivity contribution in [3.05, 3.63) is 66.2 Å². The van der Waals surface area contributed by atoms with Crippen LogP contribution in [-0.2, 0) is 4.79 Å². The van der Waals surface area contributed by atoms with Crippen LogP contribution < -0.4 is 14.2 Å². The van der Waals surface area contributed by atoms with E-state index < -0.39 is 0 Å². The number of likely N-dealkylation sites (tertiary alicyclic amines) is 1. The monoisotopic (exact) mass is 389 g/mol. The van der Waals surface area contributed by atoms with E-state index in [1.165, 1.54) is 0 Å². The zero-order valence-electron chi connectivity index (χ0n) is 16.2. The standard InChI is InChI=1S/C24H23NO4/c26-24(16-29-20-9-7-17-4-1-2-5-18(17)14-20)25-11-3-6-21(25)19-8-10-22-23(15-19)28-13-12-27-22/h1-2,4-5,7-10,14-15,21H,3,6,11-13,16H2/t21-/m1/s1. The topological polar surface area (TPSA) is 48.0 Å². The number of hydrogen-bond acceptors (Lipinski definition) is 4. The minimum absolute atomic E-state index is 0.00977. The van der Waals surface area contributed by atoms with E-state index in [1.807, 2.05) is 59.5 Å². The zero-order chi connectivity index (χ0) is 19.6. The number of ether oxygens (including phenoxy) is 3. The minimum Gasteiger partial charge on any atom is -0.486 e. The quantitative estimate of drug-likeness (QED) is 0.666. The van der Waals surface area contributed by atoms with Crippen LogP contribution in [0.15, 0.2) is 60.7 Å². The van der Waals surface area contributed by atoms with Gasteiger partial charge in [-0.15, -0.1) is 0 Å². The molecule has 1 fully saturated rings. The molecule has 3 aromatic carbocycles. The Morgan fingerprint density at radius 3 is 2.69 bits per heavy atom. The first kappa shape index (κ1) is 17.9. The van der Waals surface area contributed by atoms with Crippen LogP contribution in [0.3, 0.4) is 0 Å². The molecule has 5 nitrogen and oxygen atoms in total. The highest BCUT2D eigenvalue weighted by molar-refractivity contribution is 5.84. The lowest BCUT2D eigenvalue weighted by molar-refractivity contribution is -0.134. The average Bonchev–Trinajstić information content (AvgIpc) is 3.27. The van der Waals surface area contributed by atoms with Crippen LogP contribution >= 0.6 is 0 Å². The average molecular weight is 389 g/mol. The first-order valence-corrected chi connectivity index (χ1v) is 10.1. The van der Waals surface area contributed by atoms with Crippen molar-refractivity contribution in [2.75, 3.05) is 26.4 Å². The maximum atomic E-state index is 12.9. The first-order valence-electron chi connectivity index (χ1n) is 10.1. The molecule has 2 aliphatic heterocycles.